The maximum atomic E-state index is 13.6. The van der Waals surface area contributed by atoms with Crippen molar-refractivity contribution in [3.63, 3.8) is 0 Å². The zero-order chi connectivity index (χ0) is 21.3. The van der Waals surface area contributed by atoms with Crippen molar-refractivity contribution in [3.05, 3.63) is 53.6 Å². The molecule has 7 heteroatoms. The van der Waals surface area contributed by atoms with Gasteiger partial charge in [-0.25, -0.2) is 4.39 Å². The summed E-state index contributed by atoms with van der Waals surface area (Å²) in [4.78, 5) is 19.8. The first-order valence-corrected chi connectivity index (χ1v) is 10.7. The first kappa shape index (κ1) is 20.9. The van der Waals surface area contributed by atoms with Crippen LogP contribution in [0.1, 0.15) is 35.5 Å². The lowest BCUT2D eigenvalue weighted by molar-refractivity contribution is -0.00307. The number of hydrogen-bond acceptors (Lipinski definition) is 4. The molecule has 6 nitrogen and oxygen atoms in total. The van der Waals surface area contributed by atoms with E-state index in [1.807, 2.05) is 34.8 Å². The molecule has 1 fully saturated rings. The van der Waals surface area contributed by atoms with Crippen molar-refractivity contribution in [1.82, 2.24) is 14.4 Å². The summed E-state index contributed by atoms with van der Waals surface area (Å²) in [6, 6.07) is 8.78. The molecule has 2 aromatic rings. The number of rotatable bonds is 5. The fraction of sp³-hybridized carbons (Fsp3) is 0.522. The van der Waals surface area contributed by atoms with E-state index in [9.17, 15) is 9.18 Å². The molecule has 0 aliphatic carbocycles. The molecule has 2 aliphatic rings. The van der Waals surface area contributed by atoms with Gasteiger partial charge in [0.05, 0.1) is 17.3 Å². The van der Waals surface area contributed by atoms with Crippen LogP contribution in [0.5, 0.6) is 0 Å². The Hall–Kier alpha value is -2.38. The summed E-state index contributed by atoms with van der Waals surface area (Å²) < 4.78 is 21.7. The number of carbonyl (C=O) groups is 1. The number of aryl methyl sites for hydroxylation is 1. The van der Waals surface area contributed by atoms with Crippen LogP contribution < -0.4 is 4.90 Å². The largest absolute Gasteiger partial charge is 0.373 e. The minimum Gasteiger partial charge on any atom is -0.373 e. The third-order valence-corrected chi connectivity index (χ3v) is 6.37. The van der Waals surface area contributed by atoms with Gasteiger partial charge in [0.15, 0.2) is 0 Å². The number of piperazine rings is 1. The predicted molar refractivity (Wildman–Crippen MR) is 115 cm³/mol. The summed E-state index contributed by atoms with van der Waals surface area (Å²) in [7, 11) is 3.71. The minimum atomic E-state index is -0.205. The van der Waals surface area contributed by atoms with Gasteiger partial charge in [0.25, 0.3) is 5.91 Å². The van der Waals surface area contributed by atoms with Gasteiger partial charge >= 0.3 is 0 Å². The normalized spacial score (nSPS) is 22.9. The number of aromatic nitrogens is 1. The molecule has 1 aromatic heterocycles. The highest BCUT2D eigenvalue weighted by molar-refractivity contribution is 5.96. The highest BCUT2D eigenvalue weighted by Crippen LogP contribution is 2.33. The van der Waals surface area contributed by atoms with Crippen LogP contribution in [0.15, 0.2) is 36.5 Å². The van der Waals surface area contributed by atoms with Gasteiger partial charge in [-0.15, -0.1) is 0 Å². The second-order valence-electron chi connectivity index (χ2n) is 8.20. The Morgan fingerprint density at radius 3 is 2.60 bits per heavy atom. The van der Waals surface area contributed by atoms with Crippen molar-refractivity contribution < 1.29 is 13.9 Å². The zero-order valence-electron chi connectivity index (χ0n) is 18.1. The second kappa shape index (κ2) is 8.78. The number of fused-ring (bicyclic) bond motifs is 1. The van der Waals surface area contributed by atoms with E-state index in [0.717, 1.165) is 56.1 Å². The molecule has 2 unspecified atom stereocenters. The Labute approximate surface area is 177 Å². The van der Waals surface area contributed by atoms with E-state index in [1.54, 1.807) is 19.2 Å². The highest BCUT2D eigenvalue weighted by Gasteiger charge is 2.40. The van der Waals surface area contributed by atoms with Crippen molar-refractivity contribution in [2.45, 2.75) is 25.5 Å². The molecule has 1 amide bonds. The monoisotopic (exact) mass is 414 g/mol. The molecule has 4 rings (SSSR count). The topological polar surface area (TPSA) is 41.0 Å². The van der Waals surface area contributed by atoms with Crippen LogP contribution in [-0.2, 0) is 11.8 Å². The smallest absolute Gasteiger partial charge is 0.255 e. The maximum Gasteiger partial charge on any atom is 0.255 e. The Balaban J connectivity index is 1.58. The Kier molecular flexibility index (Phi) is 6.11. The van der Waals surface area contributed by atoms with E-state index in [1.165, 1.54) is 6.07 Å². The van der Waals surface area contributed by atoms with Gasteiger partial charge in [-0.2, -0.15) is 0 Å². The predicted octanol–water partition coefficient (Wildman–Crippen LogP) is 2.91. The van der Waals surface area contributed by atoms with Gasteiger partial charge < -0.3 is 19.1 Å². The number of nitrogens with zero attached hydrogens (tertiary/aromatic N) is 4. The van der Waals surface area contributed by atoms with E-state index in [4.69, 9.17) is 4.74 Å². The lowest BCUT2D eigenvalue weighted by atomic mass is 10.0. The molecule has 0 N–H and O–H groups in total. The average molecular weight is 415 g/mol. The lowest BCUT2D eigenvalue weighted by Gasteiger charge is -2.43. The molecule has 162 valence electrons. The minimum absolute atomic E-state index is 0.0787. The molecule has 1 aromatic carbocycles. The Bertz CT molecular complexity index is 891. The van der Waals surface area contributed by atoms with E-state index in [0.29, 0.717) is 6.54 Å². The third-order valence-electron chi connectivity index (χ3n) is 6.37. The first-order valence-electron chi connectivity index (χ1n) is 10.7. The van der Waals surface area contributed by atoms with Crippen molar-refractivity contribution >= 4 is 11.6 Å². The van der Waals surface area contributed by atoms with Crippen LogP contribution >= 0.6 is 0 Å². The molecule has 2 atom stereocenters. The molecule has 0 radical (unpaired) electrons. The molecular weight excluding hydrogens is 383 g/mol. The van der Waals surface area contributed by atoms with E-state index >= 15 is 0 Å². The Morgan fingerprint density at radius 2 is 1.93 bits per heavy atom. The first-order chi connectivity index (χ1) is 14.5. The standard InChI is InChI=1S/C23H31FN4O2/c1-4-9-28-16-20(22(30-3)21-19(23(28)29)8-10-25(21)2)27-13-11-26(12-14-27)18-7-5-6-17(24)15-18/h5-8,10,15,20,22H,4,9,11-14,16H2,1-3H3. The van der Waals surface area contributed by atoms with E-state index in [-0.39, 0.29) is 23.9 Å². The molecule has 0 spiro atoms. The molecular formula is C23H31FN4O2. The van der Waals surface area contributed by atoms with Crippen molar-refractivity contribution in [3.8, 4) is 0 Å². The quantitative estimate of drug-likeness (QED) is 0.755. The number of benzene rings is 1. The van der Waals surface area contributed by atoms with Crippen molar-refractivity contribution in [2.24, 2.45) is 7.05 Å². The van der Waals surface area contributed by atoms with Gasteiger partial charge in [-0.1, -0.05) is 13.0 Å². The third kappa shape index (κ3) is 3.84. The van der Waals surface area contributed by atoms with Crippen molar-refractivity contribution in [2.75, 3.05) is 51.3 Å². The number of ether oxygens (including phenoxy) is 1. The fourth-order valence-corrected chi connectivity index (χ4v) is 4.86. The number of hydrogen-bond donors (Lipinski definition) is 0. The second-order valence-corrected chi connectivity index (χ2v) is 8.20. The molecule has 1 saturated heterocycles. The molecule has 0 bridgehead atoms. The van der Waals surface area contributed by atoms with Gasteiger partial charge in [0.2, 0.25) is 0 Å². The van der Waals surface area contributed by atoms with Crippen LogP contribution in [0.4, 0.5) is 10.1 Å². The number of carbonyl (C=O) groups excluding carboxylic acids is 1. The van der Waals surface area contributed by atoms with Gasteiger partial charge in [0, 0.05) is 65.3 Å². The van der Waals surface area contributed by atoms with Crippen LogP contribution in [0.2, 0.25) is 0 Å². The summed E-state index contributed by atoms with van der Waals surface area (Å²) in [6.45, 7) is 6.81. The van der Waals surface area contributed by atoms with Crippen LogP contribution in [-0.4, -0.2) is 72.7 Å². The summed E-state index contributed by atoms with van der Waals surface area (Å²) in [5.74, 6) is -0.113. The van der Waals surface area contributed by atoms with Gasteiger partial charge in [-0.3, -0.25) is 9.69 Å². The molecule has 3 heterocycles. The number of anilines is 1. The lowest BCUT2D eigenvalue weighted by Crippen LogP contribution is -2.55. The van der Waals surface area contributed by atoms with Crippen molar-refractivity contribution in [1.29, 1.82) is 0 Å². The Morgan fingerprint density at radius 1 is 1.17 bits per heavy atom. The summed E-state index contributed by atoms with van der Waals surface area (Å²) in [5, 5.41) is 0. The summed E-state index contributed by atoms with van der Waals surface area (Å²) >= 11 is 0. The van der Waals surface area contributed by atoms with E-state index in [2.05, 4.69) is 16.7 Å². The SMILES string of the molecule is CCCN1CC(N2CCN(c3cccc(F)c3)CC2)C(OC)c2c(ccn2C)C1=O. The van der Waals surface area contributed by atoms with Gasteiger partial charge in [0.1, 0.15) is 11.9 Å². The van der Waals surface area contributed by atoms with Crippen LogP contribution in [0, 0.1) is 5.82 Å². The number of halogens is 1. The molecule has 2 aliphatic heterocycles. The summed E-state index contributed by atoms with van der Waals surface area (Å²) in [5.41, 5.74) is 2.63. The highest BCUT2D eigenvalue weighted by atomic mass is 19.1. The van der Waals surface area contributed by atoms with E-state index < -0.39 is 0 Å². The fourth-order valence-electron chi connectivity index (χ4n) is 4.86. The van der Waals surface area contributed by atoms with Crippen LogP contribution in [0.25, 0.3) is 0 Å². The average Bonchev–Trinajstić information content (AvgIpc) is 3.08. The van der Waals surface area contributed by atoms with Crippen LogP contribution in [0.3, 0.4) is 0 Å². The maximum absolute atomic E-state index is 13.6. The molecule has 30 heavy (non-hydrogen) atoms. The number of amides is 1. The molecule has 0 saturated carbocycles. The zero-order valence-corrected chi connectivity index (χ0v) is 18.1. The van der Waals surface area contributed by atoms with Gasteiger partial charge in [-0.05, 0) is 30.7 Å². The summed E-state index contributed by atoms with van der Waals surface area (Å²) in [6.07, 6.45) is 2.70. The number of methoxy groups -OCH3 is 1.